The van der Waals surface area contributed by atoms with Gasteiger partial charge in [0.05, 0.1) is 6.42 Å². The van der Waals surface area contributed by atoms with E-state index in [9.17, 15) is 14.7 Å². The molecule has 13 heavy (non-hydrogen) atoms. The summed E-state index contributed by atoms with van der Waals surface area (Å²) in [4.78, 5) is 21.0. The first kappa shape index (κ1) is 11.9. The molecule has 0 aromatic heterocycles. The van der Waals surface area contributed by atoms with Gasteiger partial charge in [0.15, 0.2) is 5.60 Å². The van der Waals surface area contributed by atoms with Crippen LogP contribution in [-0.4, -0.2) is 32.9 Å². The zero-order valence-electron chi connectivity index (χ0n) is 7.87. The van der Waals surface area contributed by atoms with Gasteiger partial charge < -0.3 is 15.3 Å². The Morgan fingerprint density at radius 2 is 1.54 bits per heavy atom. The SMILES string of the molecule is CC(C)(C)C(O)(CC(=O)O)C(=O)O. The van der Waals surface area contributed by atoms with Gasteiger partial charge in [-0.1, -0.05) is 20.8 Å². The minimum atomic E-state index is -2.22. The van der Waals surface area contributed by atoms with Gasteiger partial charge in [-0.15, -0.1) is 0 Å². The second-order valence-electron chi connectivity index (χ2n) is 3.99. The molecule has 1 atom stereocenters. The maximum Gasteiger partial charge on any atom is 0.336 e. The van der Waals surface area contributed by atoms with E-state index < -0.39 is 29.4 Å². The fourth-order valence-electron chi connectivity index (χ4n) is 0.880. The number of carbonyl (C=O) groups is 2. The van der Waals surface area contributed by atoms with Gasteiger partial charge in [-0.3, -0.25) is 4.79 Å². The molecule has 0 rings (SSSR count). The van der Waals surface area contributed by atoms with E-state index in [2.05, 4.69) is 0 Å². The van der Waals surface area contributed by atoms with E-state index in [0.717, 1.165) is 0 Å². The van der Waals surface area contributed by atoms with Crippen LogP contribution in [0.5, 0.6) is 0 Å². The van der Waals surface area contributed by atoms with Gasteiger partial charge in [0.1, 0.15) is 0 Å². The third-order valence-electron chi connectivity index (χ3n) is 2.00. The normalized spacial score (nSPS) is 16.3. The molecular formula is C8H14O5. The molecule has 0 heterocycles. The first-order chi connectivity index (χ1) is 5.61. The van der Waals surface area contributed by atoms with Crippen LogP contribution in [0.2, 0.25) is 0 Å². The number of rotatable bonds is 3. The summed E-state index contributed by atoms with van der Waals surface area (Å²) in [5, 5.41) is 26.8. The number of carboxylic acid groups (broad SMARTS) is 2. The highest BCUT2D eigenvalue weighted by Gasteiger charge is 2.48. The fraction of sp³-hybridized carbons (Fsp3) is 0.750. The predicted octanol–water partition coefficient (Wildman–Crippen LogP) is 0.323. The molecule has 0 saturated heterocycles. The molecule has 0 aliphatic rings. The molecule has 0 radical (unpaired) electrons. The Kier molecular flexibility index (Phi) is 3.05. The highest BCUT2D eigenvalue weighted by molar-refractivity contribution is 5.84. The summed E-state index contributed by atoms with van der Waals surface area (Å²) in [6.07, 6.45) is -0.800. The molecule has 76 valence electrons. The molecule has 0 aromatic rings. The highest BCUT2D eigenvalue weighted by Crippen LogP contribution is 2.33. The predicted molar refractivity (Wildman–Crippen MR) is 44.3 cm³/mol. The van der Waals surface area contributed by atoms with Crippen LogP contribution >= 0.6 is 0 Å². The van der Waals surface area contributed by atoms with Crippen molar-refractivity contribution in [3.05, 3.63) is 0 Å². The third kappa shape index (κ3) is 2.42. The van der Waals surface area contributed by atoms with Crippen molar-refractivity contribution in [1.82, 2.24) is 0 Å². The molecule has 0 aliphatic heterocycles. The summed E-state index contributed by atoms with van der Waals surface area (Å²) in [7, 11) is 0. The molecule has 0 saturated carbocycles. The number of aliphatic carboxylic acids is 2. The number of aliphatic hydroxyl groups is 1. The average Bonchev–Trinajstić information content (AvgIpc) is 1.82. The summed E-state index contributed by atoms with van der Waals surface area (Å²) < 4.78 is 0. The number of hydrogen-bond acceptors (Lipinski definition) is 3. The van der Waals surface area contributed by atoms with Crippen LogP contribution in [0.1, 0.15) is 27.2 Å². The Bertz CT molecular complexity index is 227. The quantitative estimate of drug-likeness (QED) is 0.595. The van der Waals surface area contributed by atoms with Crippen molar-refractivity contribution >= 4 is 11.9 Å². The smallest absolute Gasteiger partial charge is 0.336 e. The molecule has 0 aliphatic carbocycles. The molecule has 0 bridgehead atoms. The summed E-state index contributed by atoms with van der Waals surface area (Å²) in [6.45, 7) is 4.43. The van der Waals surface area contributed by atoms with Gasteiger partial charge in [0.2, 0.25) is 0 Å². The molecule has 0 amide bonds. The zero-order chi connectivity index (χ0) is 10.9. The summed E-state index contributed by atoms with van der Waals surface area (Å²) in [6, 6.07) is 0. The summed E-state index contributed by atoms with van der Waals surface area (Å²) in [5.41, 5.74) is -3.24. The average molecular weight is 190 g/mol. The van der Waals surface area contributed by atoms with Crippen molar-refractivity contribution in [3.63, 3.8) is 0 Å². The van der Waals surface area contributed by atoms with E-state index in [1.807, 2.05) is 0 Å². The van der Waals surface area contributed by atoms with Gasteiger partial charge in [-0.2, -0.15) is 0 Å². The number of hydrogen-bond donors (Lipinski definition) is 3. The first-order valence-electron chi connectivity index (χ1n) is 3.79. The van der Waals surface area contributed by atoms with E-state index in [1.54, 1.807) is 0 Å². The van der Waals surface area contributed by atoms with Gasteiger partial charge in [-0.25, -0.2) is 4.79 Å². The second kappa shape index (κ2) is 3.33. The molecule has 0 spiro atoms. The van der Waals surface area contributed by atoms with Crippen LogP contribution < -0.4 is 0 Å². The van der Waals surface area contributed by atoms with Crippen LogP contribution in [-0.2, 0) is 9.59 Å². The maximum absolute atomic E-state index is 10.7. The first-order valence-corrected chi connectivity index (χ1v) is 3.79. The molecule has 1 unspecified atom stereocenters. The minimum absolute atomic E-state index is 0.800. The molecule has 0 fully saturated rings. The van der Waals surface area contributed by atoms with Gasteiger partial charge in [-0.05, 0) is 0 Å². The van der Waals surface area contributed by atoms with Gasteiger partial charge >= 0.3 is 11.9 Å². The summed E-state index contributed by atoms with van der Waals surface area (Å²) in [5.74, 6) is -2.85. The minimum Gasteiger partial charge on any atom is -0.481 e. The van der Waals surface area contributed by atoms with Crippen LogP contribution in [0.15, 0.2) is 0 Å². The summed E-state index contributed by atoms with van der Waals surface area (Å²) >= 11 is 0. The van der Waals surface area contributed by atoms with E-state index >= 15 is 0 Å². The van der Waals surface area contributed by atoms with Gasteiger partial charge in [0, 0.05) is 5.41 Å². The Labute approximate surface area is 76.0 Å². The lowest BCUT2D eigenvalue weighted by Gasteiger charge is -2.34. The lowest BCUT2D eigenvalue weighted by Crippen LogP contribution is -2.51. The van der Waals surface area contributed by atoms with Crippen molar-refractivity contribution in [3.8, 4) is 0 Å². The van der Waals surface area contributed by atoms with Crippen LogP contribution in [0.4, 0.5) is 0 Å². The van der Waals surface area contributed by atoms with E-state index in [1.165, 1.54) is 20.8 Å². The van der Waals surface area contributed by atoms with E-state index in [4.69, 9.17) is 10.2 Å². The van der Waals surface area contributed by atoms with Crippen molar-refractivity contribution in [2.45, 2.75) is 32.8 Å². The Hall–Kier alpha value is -1.10. The molecule has 5 heteroatoms. The standard InChI is InChI=1S/C8H14O5/c1-7(2,3)8(13,6(11)12)4-5(9)10/h13H,4H2,1-3H3,(H,9,10)(H,11,12). The van der Waals surface area contributed by atoms with Crippen molar-refractivity contribution < 1.29 is 24.9 Å². The Balaban J connectivity index is 4.96. The largest absolute Gasteiger partial charge is 0.481 e. The maximum atomic E-state index is 10.7. The van der Waals surface area contributed by atoms with Crippen LogP contribution in [0.3, 0.4) is 0 Å². The highest BCUT2D eigenvalue weighted by atomic mass is 16.4. The Morgan fingerprint density at radius 1 is 1.15 bits per heavy atom. The molecule has 5 nitrogen and oxygen atoms in total. The van der Waals surface area contributed by atoms with E-state index in [0.29, 0.717) is 0 Å². The molecule has 3 N–H and O–H groups in total. The molecule has 0 aromatic carbocycles. The lowest BCUT2D eigenvalue weighted by atomic mass is 9.74. The van der Waals surface area contributed by atoms with Crippen LogP contribution in [0.25, 0.3) is 0 Å². The lowest BCUT2D eigenvalue weighted by molar-refractivity contribution is -0.178. The number of carboxylic acids is 2. The molecular weight excluding hydrogens is 176 g/mol. The monoisotopic (exact) mass is 190 g/mol. The van der Waals surface area contributed by atoms with E-state index in [-0.39, 0.29) is 0 Å². The van der Waals surface area contributed by atoms with Crippen molar-refractivity contribution in [2.24, 2.45) is 5.41 Å². The zero-order valence-corrected chi connectivity index (χ0v) is 7.87. The second-order valence-corrected chi connectivity index (χ2v) is 3.99. The van der Waals surface area contributed by atoms with Crippen molar-refractivity contribution in [1.29, 1.82) is 0 Å². The topological polar surface area (TPSA) is 94.8 Å². The fourth-order valence-corrected chi connectivity index (χ4v) is 0.880. The van der Waals surface area contributed by atoms with Gasteiger partial charge in [0.25, 0.3) is 0 Å². The third-order valence-corrected chi connectivity index (χ3v) is 2.00. The Morgan fingerprint density at radius 3 is 1.62 bits per heavy atom. The van der Waals surface area contributed by atoms with Crippen LogP contribution in [0, 0.1) is 5.41 Å². The van der Waals surface area contributed by atoms with Crippen molar-refractivity contribution in [2.75, 3.05) is 0 Å².